The van der Waals surface area contributed by atoms with Crippen molar-refractivity contribution in [1.29, 1.82) is 0 Å². The second-order valence-corrected chi connectivity index (χ2v) is 57.6. The van der Waals surface area contributed by atoms with E-state index in [0.29, 0.717) is 0 Å². The lowest BCUT2D eigenvalue weighted by Gasteiger charge is -2.03. The first kappa shape index (κ1) is 43.5. The standard InChI is InChI=1S/CH4OS31/c1-2-33(4,5)32-31-30-29-28-27-26-25-24-23-22-21-20-19-18-17-16-15-14-13-12-11-10-9-8-7-6-3/h3H,1H3. The Morgan fingerprint density at radius 2 is 0.636 bits per heavy atom. The summed E-state index contributed by atoms with van der Waals surface area (Å²) in [5.74, 6) is 0. The topological polar surface area (TPSA) is 9.23 Å². The van der Waals surface area contributed by atoms with Crippen molar-refractivity contribution in [2.75, 3.05) is 7.11 Å². The van der Waals surface area contributed by atoms with Gasteiger partial charge in [-0.25, -0.2) is 0 Å². The van der Waals surface area contributed by atoms with E-state index >= 15 is 0 Å². The Balaban J connectivity index is 3.06. The Morgan fingerprint density at radius 1 is 0.424 bits per heavy atom. The van der Waals surface area contributed by atoms with Gasteiger partial charge in [0, 0.05) is 187 Å². The third-order valence-corrected chi connectivity index (χ3v) is 65.8. The first-order valence-electron chi connectivity index (χ1n) is 5.59. The van der Waals surface area contributed by atoms with Crippen LogP contribution in [-0.2, 0) is 33.0 Å². The van der Waals surface area contributed by atoms with Gasteiger partial charge in [-0.15, -0.1) is 0 Å². The molecule has 33 heavy (non-hydrogen) atoms. The van der Waals surface area contributed by atoms with Crippen LogP contribution in [0.2, 0.25) is 0 Å². The van der Waals surface area contributed by atoms with Gasteiger partial charge in [0.2, 0.25) is 0 Å². The van der Waals surface area contributed by atoms with Gasteiger partial charge in [-0.2, -0.15) is 0 Å². The van der Waals surface area contributed by atoms with Gasteiger partial charge in [-0.05, 0) is 101 Å². The second-order valence-electron chi connectivity index (χ2n) is 2.42. The van der Waals surface area contributed by atoms with Crippen molar-refractivity contribution in [2.24, 2.45) is 0 Å². The zero-order chi connectivity index (χ0) is 24.3. The van der Waals surface area contributed by atoms with Crippen LogP contribution in [0.15, 0.2) is 0 Å². The predicted molar refractivity (Wildman–Crippen MR) is 243 cm³/mol. The van der Waals surface area contributed by atoms with Crippen LogP contribution in [0.25, 0.3) is 0 Å². The lowest BCUT2D eigenvalue weighted by atomic mass is 11.8. The molecule has 0 saturated carbocycles. The SMILES string of the molecule is COS(=S)(=S)SSSSSSSSSSSSSSSSSSSSSSSSSSSS. The maximum absolute atomic E-state index is 5.14. The van der Waals surface area contributed by atoms with Crippen LogP contribution in [0.3, 0.4) is 0 Å². The molecule has 0 aromatic carbocycles. The zero-order valence-electron chi connectivity index (χ0n) is 14.1. The first-order chi connectivity index (χ1) is 16.1. The Hall–Kier alpha value is 10.5. The summed E-state index contributed by atoms with van der Waals surface area (Å²) in [4.78, 5) is 0. The number of hydrogen-bond acceptors (Lipinski definition) is 31. The predicted octanol–water partition coefficient (Wildman–Crippen LogP) is 18.0. The highest BCUT2D eigenvalue weighted by atomic mass is 34.1. The molecule has 0 spiro atoms. The average molecular weight is 1030 g/mol. The van der Waals surface area contributed by atoms with Crippen LogP contribution < -0.4 is 0 Å². The van der Waals surface area contributed by atoms with E-state index in [0.717, 1.165) is 0 Å². The summed E-state index contributed by atoms with van der Waals surface area (Å²) in [5.41, 5.74) is 0. The van der Waals surface area contributed by atoms with E-state index in [-0.39, 0.29) is 0 Å². The Morgan fingerprint density at radius 3 is 0.848 bits per heavy atom. The minimum absolute atomic E-state index is 1.46. The summed E-state index contributed by atoms with van der Waals surface area (Å²) >= 11 is 14.4. The molecule has 0 amide bonds. The van der Waals surface area contributed by atoms with Crippen molar-refractivity contribution in [3.63, 3.8) is 0 Å². The molecule has 0 heterocycles. The molecule has 0 radical (unpaired) electrons. The van der Waals surface area contributed by atoms with Crippen molar-refractivity contribution < 1.29 is 4.18 Å². The van der Waals surface area contributed by atoms with E-state index in [1.54, 1.807) is 184 Å². The lowest BCUT2D eigenvalue weighted by molar-refractivity contribution is 0.491. The van der Waals surface area contributed by atoms with E-state index in [2.05, 4.69) is 11.7 Å². The third kappa shape index (κ3) is 38.6. The highest BCUT2D eigenvalue weighted by Crippen LogP contribution is 2.66. The fraction of sp³-hybridized carbons (Fsp3) is 1.00. The molecule has 0 N–H and O–H groups in total. The van der Waals surface area contributed by atoms with Crippen LogP contribution in [0, 0.1) is 0 Å². The zero-order valence-corrected chi connectivity index (χ0v) is 39.5. The summed E-state index contributed by atoms with van der Waals surface area (Å²) in [7, 11) is 48.8. The van der Waals surface area contributed by atoms with Crippen LogP contribution in [0.4, 0.5) is 0 Å². The van der Waals surface area contributed by atoms with Crippen molar-refractivity contribution in [3.8, 4) is 0 Å². The fourth-order valence-electron chi connectivity index (χ4n) is 0.346. The first-order valence-corrected chi connectivity index (χ1v) is 46.1. The molecule has 0 aliphatic rings. The van der Waals surface area contributed by atoms with Gasteiger partial charge in [0.15, 0.2) is 0 Å². The van der Waals surface area contributed by atoms with Crippen molar-refractivity contribution in [3.05, 3.63) is 0 Å². The van der Waals surface area contributed by atoms with Gasteiger partial charge >= 0.3 is 0 Å². The van der Waals surface area contributed by atoms with Crippen LogP contribution in [-0.4, -0.2) is 7.11 Å². The quantitative estimate of drug-likeness (QED) is 0.0452. The van der Waals surface area contributed by atoms with Gasteiger partial charge in [0.1, 0.15) is 0 Å². The maximum Gasteiger partial charge on any atom is 0.0817 e. The highest BCUT2D eigenvalue weighted by Gasteiger charge is 2.04. The molecule has 0 fully saturated rings. The fourth-order valence-corrected chi connectivity index (χ4v) is 76.3. The maximum atomic E-state index is 5.14. The van der Waals surface area contributed by atoms with Gasteiger partial charge in [-0.1, -0.05) is 11.7 Å². The van der Waals surface area contributed by atoms with Crippen LogP contribution in [0.1, 0.15) is 0 Å². The summed E-state index contributed by atoms with van der Waals surface area (Å²) in [6.07, 6.45) is 0. The van der Waals surface area contributed by atoms with Gasteiger partial charge < -0.3 is 4.18 Å². The normalized spacial score (nSPS) is 11.9. The Labute approximate surface area is 309 Å². The lowest BCUT2D eigenvalue weighted by Crippen LogP contribution is -1.87. The molecule has 0 aliphatic heterocycles. The summed E-state index contributed by atoms with van der Waals surface area (Å²) in [6.45, 7) is -1.79. The molecular weight excluding hydrogens is 1020 g/mol. The number of hydrogen-bond donors (Lipinski definition) is 1. The van der Waals surface area contributed by atoms with Crippen molar-refractivity contribution in [2.45, 2.75) is 0 Å². The molecule has 0 aromatic heterocycles. The summed E-state index contributed by atoms with van der Waals surface area (Å²) in [5, 5.41) is 0. The Bertz CT molecular complexity index is 454. The monoisotopic (exact) mass is 1020 g/mol. The molecule has 0 saturated heterocycles. The van der Waals surface area contributed by atoms with Crippen molar-refractivity contribution >= 4 is 306 Å². The van der Waals surface area contributed by atoms with Gasteiger partial charge in [0.05, 0.1) is 13.6 Å². The molecule has 0 bridgehead atoms. The molecule has 0 atom stereocenters. The molecule has 200 valence electrons. The molecule has 0 unspecified atom stereocenters. The van der Waals surface area contributed by atoms with E-state index in [9.17, 15) is 0 Å². The van der Waals surface area contributed by atoms with Crippen LogP contribution in [0.5, 0.6) is 0 Å². The van der Waals surface area contributed by atoms with Gasteiger partial charge in [0.25, 0.3) is 0 Å². The van der Waals surface area contributed by atoms with E-state index < -0.39 is 6.46 Å². The highest BCUT2D eigenvalue weighted by molar-refractivity contribution is 9.60. The summed E-state index contributed by atoms with van der Waals surface area (Å²) in [6, 6.07) is 0. The molecule has 32 heteroatoms. The molecule has 0 rings (SSSR count). The minimum atomic E-state index is -1.79. The second kappa shape index (κ2) is 37.0. The molecule has 0 aromatic rings. The average Bonchev–Trinajstić information content (AvgIpc) is 2.81. The third-order valence-electron chi connectivity index (χ3n) is 1.01. The largest absolute Gasteiger partial charge is 0.305 e. The molecule has 0 aliphatic carbocycles. The van der Waals surface area contributed by atoms with E-state index in [1.807, 2.05) is 68.8 Å². The molecular formula is CH4OS31. The minimum Gasteiger partial charge on any atom is -0.305 e. The molecule has 1 nitrogen and oxygen atoms in total. The van der Waals surface area contributed by atoms with E-state index in [1.165, 1.54) is 19.7 Å². The van der Waals surface area contributed by atoms with Gasteiger partial charge in [-0.3, -0.25) is 0 Å². The van der Waals surface area contributed by atoms with E-state index in [4.69, 9.17) is 26.6 Å². The summed E-state index contributed by atoms with van der Waals surface area (Å²) < 4.78 is 5.09. The van der Waals surface area contributed by atoms with Crippen LogP contribution >= 0.6 is 277 Å². The smallest absolute Gasteiger partial charge is 0.0817 e. The number of thiol groups is 1. The number of rotatable bonds is 28. The van der Waals surface area contributed by atoms with Crippen molar-refractivity contribution in [1.82, 2.24) is 0 Å². The Kier molecular flexibility index (Phi) is 48.8.